The average molecular weight is 418 g/mol. The predicted octanol–water partition coefficient (Wildman–Crippen LogP) is 5.26. The standard InChI is InChI=1S/C20H20FN3O2S2/c1-13(2)11-26-17-9-5-15(6-10-17)18(25)22-19-23-24-20(28-19)27-12-14-3-7-16(21)8-4-14/h3-10,13H,11-12H2,1-2H3,(H,22,23,25). The van der Waals surface area contributed by atoms with Crippen LogP contribution in [0.1, 0.15) is 29.8 Å². The molecule has 3 aromatic rings. The first-order chi connectivity index (χ1) is 13.5. The van der Waals surface area contributed by atoms with Gasteiger partial charge in [-0.15, -0.1) is 10.2 Å². The molecule has 0 saturated heterocycles. The van der Waals surface area contributed by atoms with Crippen LogP contribution in [0, 0.1) is 11.7 Å². The van der Waals surface area contributed by atoms with Gasteiger partial charge in [-0.1, -0.05) is 49.1 Å². The molecule has 1 aromatic heterocycles. The fraction of sp³-hybridized carbons (Fsp3) is 0.250. The van der Waals surface area contributed by atoms with E-state index in [1.807, 2.05) is 0 Å². The second kappa shape index (κ2) is 9.66. The van der Waals surface area contributed by atoms with E-state index in [9.17, 15) is 9.18 Å². The summed E-state index contributed by atoms with van der Waals surface area (Å²) in [5.41, 5.74) is 1.51. The normalized spacial score (nSPS) is 10.9. The highest BCUT2D eigenvalue weighted by atomic mass is 32.2. The lowest BCUT2D eigenvalue weighted by Crippen LogP contribution is -2.11. The number of carbonyl (C=O) groups is 1. The molecular weight excluding hydrogens is 397 g/mol. The van der Waals surface area contributed by atoms with Gasteiger partial charge in [-0.3, -0.25) is 10.1 Å². The van der Waals surface area contributed by atoms with Crippen molar-refractivity contribution in [3.05, 3.63) is 65.5 Å². The van der Waals surface area contributed by atoms with Crippen LogP contribution in [0.2, 0.25) is 0 Å². The van der Waals surface area contributed by atoms with Crippen LogP contribution in [0.3, 0.4) is 0 Å². The summed E-state index contributed by atoms with van der Waals surface area (Å²) in [5.74, 6) is 1.33. The minimum atomic E-state index is -0.255. The van der Waals surface area contributed by atoms with E-state index in [1.165, 1.54) is 35.2 Å². The molecule has 146 valence electrons. The summed E-state index contributed by atoms with van der Waals surface area (Å²) >= 11 is 2.79. The number of amides is 1. The molecular formula is C20H20FN3O2S2. The zero-order valence-corrected chi connectivity index (χ0v) is 17.1. The molecule has 0 saturated carbocycles. The van der Waals surface area contributed by atoms with Gasteiger partial charge in [-0.2, -0.15) is 0 Å². The number of halogens is 1. The fourth-order valence-corrected chi connectivity index (χ4v) is 3.88. The van der Waals surface area contributed by atoms with Crippen LogP contribution < -0.4 is 10.1 Å². The van der Waals surface area contributed by atoms with Crippen molar-refractivity contribution in [3.63, 3.8) is 0 Å². The van der Waals surface area contributed by atoms with Gasteiger partial charge in [0.15, 0.2) is 4.34 Å². The first kappa shape index (κ1) is 20.3. The summed E-state index contributed by atoms with van der Waals surface area (Å²) in [4.78, 5) is 12.4. The highest BCUT2D eigenvalue weighted by molar-refractivity contribution is 8.00. The molecule has 1 heterocycles. The molecule has 1 amide bonds. The minimum Gasteiger partial charge on any atom is -0.493 e. The molecule has 0 aliphatic carbocycles. The maximum Gasteiger partial charge on any atom is 0.257 e. The second-order valence-electron chi connectivity index (χ2n) is 6.47. The Balaban J connectivity index is 1.52. The lowest BCUT2D eigenvalue weighted by Gasteiger charge is -2.09. The van der Waals surface area contributed by atoms with Crippen LogP contribution >= 0.6 is 23.1 Å². The number of benzene rings is 2. The van der Waals surface area contributed by atoms with Gasteiger partial charge < -0.3 is 4.74 Å². The highest BCUT2D eigenvalue weighted by Crippen LogP contribution is 2.28. The van der Waals surface area contributed by atoms with E-state index in [2.05, 4.69) is 29.4 Å². The first-order valence-electron chi connectivity index (χ1n) is 8.74. The van der Waals surface area contributed by atoms with Crippen molar-refractivity contribution in [2.45, 2.75) is 23.9 Å². The van der Waals surface area contributed by atoms with Gasteiger partial charge in [0.05, 0.1) is 6.61 Å². The summed E-state index contributed by atoms with van der Waals surface area (Å²) in [6.45, 7) is 4.79. The Hall–Kier alpha value is -2.45. The number of anilines is 1. The number of hydrogen-bond acceptors (Lipinski definition) is 6. The Morgan fingerprint density at radius 3 is 2.54 bits per heavy atom. The SMILES string of the molecule is CC(C)COc1ccc(C(=O)Nc2nnc(SCc3ccc(F)cc3)s2)cc1. The number of aromatic nitrogens is 2. The van der Waals surface area contributed by atoms with Crippen LogP contribution in [0.5, 0.6) is 5.75 Å². The smallest absolute Gasteiger partial charge is 0.257 e. The number of thioether (sulfide) groups is 1. The molecule has 0 aliphatic heterocycles. The highest BCUT2D eigenvalue weighted by Gasteiger charge is 2.11. The van der Waals surface area contributed by atoms with Gasteiger partial charge in [-0.25, -0.2) is 4.39 Å². The molecule has 0 radical (unpaired) electrons. The van der Waals surface area contributed by atoms with E-state index >= 15 is 0 Å². The van der Waals surface area contributed by atoms with E-state index in [-0.39, 0.29) is 11.7 Å². The first-order valence-corrected chi connectivity index (χ1v) is 10.5. The van der Waals surface area contributed by atoms with Gasteiger partial charge in [-0.05, 0) is 47.9 Å². The lowest BCUT2D eigenvalue weighted by molar-refractivity contribution is 0.102. The van der Waals surface area contributed by atoms with Crippen molar-refractivity contribution in [1.82, 2.24) is 10.2 Å². The van der Waals surface area contributed by atoms with Crippen LogP contribution in [0.4, 0.5) is 9.52 Å². The molecule has 1 N–H and O–H groups in total. The zero-order chi connectivity index (χ0) is 19.9. The van der Waals surface area contributed by atoms with E-state index < -0.39 is 0 Å². The van der Waals surface area contributed by atoms with Crippen LogP contribution in [-0.4, -0.2) is 22.7 Å². The van der Waals surface area contributed by atoms with Crippen molar-refractivity contribution >= 4 is 34.1 Å². The third-order valence-electron chi connectivity index (χ3n) is 3.60. The van der Waals surface area contributed by atoms with E-state index in [0.717, 1.165) is 15.7 Å². The summed E-state index contributed by atoms with van der Waals surface area (Å²) in [5, 5.41) is 11.3. The van der Waals surface area contributed by atoms with Gasteiger partial charge in [0, 0.05) is 11.3 Å². The number of rotatable bonds is 8. The molecule has 8 heteroatoms. The van der Waals surface area contributed by atoms with Gasteiger partial charge in [0.25, 0.3) is 5.91 Å². The van der Waals surface area contributed by atoms with Crippen molar-refractivity contribution in [2.75, 3.05) is 11.9 Å². The maximum atomic E-state index is 12.9. The van der Waals surface area contributed by atoms with E-state index in [4.69, 9.17) is 4.74 Å². The van der Waals surface area contributed by atoms with Crippen molar-refractivity contribution in [3.8, 4) is 5.75 Å². The number of ether oxygens (including phenoxy) is 1. The molecule has 2 aromatic carbocycles. The van der Waals surface area contributed by atoms with Gasteiger partial charge in [0.1, 0.15) is 11.6 Å². The molecule has 28 heavy (non-hydrogen) atoms. The average Bonchev–Trinajstić information content (AvgIpc) is 3.13. The molecule has 0 aliphatic rings. The minimum absolute atomic E-state index is 0.248. The van der Waals surface area contributed by atoms with Crippen molar-refractivity contribution in [1.29, 1.82) is 0 Å². The van der Waals surface area contributed by atoms with Crippen molar-refractivity contribution < 1.29 is 13.9 Å². The van der Waals surface area contributed by atoms with Crippen LogP contribution in [0.25, 0.3) is 0 Å². The Morgan fingerprint density at radius 2 is 1.86 bits per heavy atom. The molecule has 0 unspecified atom stereocenters. The molecule has 0 bridgehead atoms. The van der Waals surface area contributed by atoms with Crippen LogP contribution in [-0.2, 0) is 5.75 Å². The number of nitrogens with zero attached hydrogens (tertiary/aromatic N) is 2. The molecule has 0 spiro atoms. The van der Waals surface area contributed by atoms with E-state index in [1.54, 1.807) is 36.4 Å². The summed E-state index contributed by atoms with van der Waals surface area (Å²) in [6.07, 6.45) is 0. The monoisotopic (exact) mass is 417 g/mol. The summed E-state index contributed by atoms with van der Waals surface area (Å²) < 4.78 is 19.3. The lowest BCUT2D eigenvalue weighted by atomic mass is 10.2. The Labute approximate surface area is 171 Å². The van der Waals surface area contributed by atoms with Gasteiger partial charge in [0.2, 0.25) is 5.13 Å². The summed E-state index contributed by atoms with van der Waals surface area (Å²) in [6, 6.07) is 13.3. The topological polar surface area (TPSA) is 64.1 Å². The van der Waals surface area contributed by atoms with Crippen LogP contribution in [0.15, 0.2) is 52.9 Å². The molecule has 0 fully saturated rings. The maximum absolute atomic E-state index is 12.9. The van der Waals surface area contributed by atoms with Crippen molar-refractivity contribution in [2.24, 2.45) is 5.92 Å². The third kappa shape index (κ3) is 6.03. The quantitative estimate of drug-likeness (QED) is 0.400. The number of carbonyl (C=O) groups excluding carboxylic acids is 1. The zero-order valence-electron chi connectivity index (χ0n) is 15.5. The summed E-state index contributed by atoms with van der Waals surface area (Å²) in [7, 11) is 0. The molecule has 0 atom stereocenters. The Morgan fingerprint density at radius 1 is 1.14 bits per heavy atom. The molecule has 3 rings (SSSR count). The van der Waals surface area contributed by atoms with Gasteiger partial charge >= 0.3 is 0 Å². The number of hydrogen-bond donors (Lipinski definition) is 1. The number of nitrogens with one attached hydrogen (secondary N) is 1. The largest absolute Gasteiger partial charge is 0.493 e. The third-order valence-corrected chi connectivity index (χ3v) is 5.65. The second-order valence-corrected chi connectivity index (χ2v) is 8.67. The molecule has 5 nitrogen and oxygen atoms in total. The Bertz CT molecular complexity index is 912. The Kier molecular flexibility index (Phi) is 7.00. The van der Waals surface area contributed by atoms with E-state index in [0.29, 0.717) is 29.0 Å². The predicted molar refractivity (Wildman–Crippen MR) is 111 cm³/mol. The fourth-order valence-electron chi connectivity index (χ4n) is 2.18.